The van der Waals surface area contributed by atoms with Crippen molar-refractivity contribution < 1.29 is 24.3 Å². The van der Waals surface area contributed by atoms with Crippen molar-refractivity contribution in [1.82, 2.24) is 0 Å². The van der Waals surface area contributed by atoms with Crippen LogP contribution in [-0.4, -0.2) is 35.2 Å². The van der Waals surface area contributed by atoms with E-state index in [0.29, 0.717) is 5.69 Å². The smallest absolute Gasteiger partial charge is 0.337 e. The molecule has 1 saturated heterocycles. The van der Waals surface area contributed by atoms with Gasteiger partial charge in [0, 0.05) is 5.69 Å². The lowest BCUT2D eigenvalue weighted by Crippen LogP contribution is -2.34. The van der Waals surface area contributed by atoms with E-state index in [9.17, 15) is 19.2 Å². The van der Waals surface area contributed by atoms with Crippen molar-refractivity contribution in [3.8, 4) is 0 Å². The predicted octanol–water partition coefficient (Wildman–Crippen LogP) is 1.56. The number of carboxylic acids is 1. The Kier molecular flexibility index (Phi) is 4.30. The quantitative estimate of drug-likeness (QED) is 0.823. The summed E-state index contributed by atoms with van der Waals surface area (Å²) in [6, 6.07) is 14.4. The number of rotatable bonds is 4. The van der Waals surface area contributed by atoms with Crippen LogP contribution in [0.1, 0.15) is 10.4 Å². The second-order valence-corrected chi connectivity index (χ2v) is 5.50. The number of carbonyl (C=O) groups is 4. The molecule has 7 heteroatoms. The van der Waals surface area contributed by atoms with Gasteiger partial charge in [0.2, 0.25) is 11.8 Å². The minimum Gasteiger partial charge on any atom is -0.478 e. The van der Waals surface area contributed by atoms with Gasteiger partial charge >= 0.3 is 5.97 Å². The molecule has 2 aromatic carbocycles. The van der Waals surface area contributed by atoms with E-state index in [1.165, 1.54) is 23.1 Å². The van der Waals surface area contributed by atoms with Crippen molar-refractivity contribution in [1.29, 1.82) is 0 Å². The number of nitrogens with one attached hydrogen (secondary N) is 1. The third kappa shape index (κ3) is 3.12. The third-order valence-electron chi connectivity index (χ3n) is 3.89. The summed E-state index contributed by atoms with van der Waals surface area (Å²) in [6.07, 6.45) is 0. The molecule has 2 N–H and O–H groups in total. The Bertz CT molecular complexity index is 863. The number of para-hydroxylation sites is 2. The van der Waals surface area contributed by atoms with Crippen LogP contribution >= 0.6 is 0 Å². The van der Waals surface area contributed by atoms with Gasteiger partial charge in [0.15, 0.2) is 11.7 Å². The van der Waals surface area contributed by atoms with E-state index in [4.69, 9.17) is 5.11 Å². The van der Waals surface area contributed by atoms with E-state index < -0.39 is 29.5 Å². The highest BCUT2D eigenvalue weighted by Crippen LogP contribution is 2.24. The molecule has 7 nitrogen and oxygen atoms in total. The fraction of sp³-hybridized carbons (Fsp3) is 0.111. The monoisotopic (exact) mass is 338 g/mol. The van der Waals surface area contributed by atoms with Crippen molar-refractivity contribution in [3.05, 3.63) is 60.2 Å². The molecule has 3 rings (SSSR count). The van der Waals surface area contributed by atoms with E-state index in [2.05, 4.69) is 5.32 Å². The number of hydrogen-bond donors (Lipinski definition) is 2. The Morgan fingerprint density at radius 3 is 2.32 bits per heavy atom. The number of nitrogens with zero attached hydrogens (tertiary/aromatic N) is 1. The Hall–Kier alpha value is -3.48. The lowest BCUT2D eigenvalue weighted by molar-refractivity contribution is -0.134. The van der Waals surface area contributed by atoms with Crippen molar-refractivity contribution >= 4 is 34.9 Å². The molecule has 0 bridgehead atoms. The van der Waals surface area contributed by atoms with Crippen LogP contribution < -0.4 is 10.2 Å². The molecule has 1 fully saturated rings. The topological polar surface area (TPSA) is 104 Å². The summed E-state index contributed by atoms with van der Waals surface area (Å²) in [5.74, 6) is -4.68. The highest BCUT2D eigenvalue weighted by Gasteiger charge is 2.44. The molecule has 2 aromatic rings. The van der Waals surface area contributed by atoms with Gasteiger partial charge < -0.3 is 15.3 Å². The van der Waals surface area contributed by atoms with E-state index in [0.717, 1.165) is 0 Å². The van der Waals surface area contributed by atoms with Crippen LogP contribution in [0.2, 0.25) is 0 Å². The van der Waals surface area contributed by atoms with Crippen LogP contribution in [0.15, 0.2) is 54.6 Å². The molecule has 1 heterocycles. The molecule has 0 aromatic heterocycles. The number of aromatic carboxylic acids is 1. The summed E-state index contributed by atoms with van der Waals surface area (Å²) in [7, 11) is 0. The van der Waals surface area contributed by atoms with Gasteiger partial charge in [-0.15, -0.1) is 0 Å². The summed E-state index contributed by atoms with van der Waals surface area (Å²) in [6.45, 7) is -0.193. The first-order valence-electron chi connectivity index (χ1n) is 7.51. The van der Waals surface area contributed by atoms with Gasteiger partial charge in [-0.25, -0.2) is 4.79 Å². The Balaban J connectivity index is 1.82. The maximum atomic E-state index is 12.5. The number of anilines is 2. The van der Waals surface area contributed by atoms with Gasteiger partial charge in [0.1, 0.15) is 0 Å². The first kappa shape index (κ1) is 16.4. The number of Topliss-reactive ketones (excluding diaryl/α,β-unsaturated/α-hetero) is 1. The number of carbonyl (C=O) groups excluding carboxylic acids is 3. The van der Waals surface area contributed by atoms with Gasteiger partial charge in [-0.1, -0.05) is 30.3 Å². The van der Waals surface area contributed by atoms with Crippen molar-refractivity contribution in [3.63, 3.8) is 0 Å². The molecule has 1 aliphatic rings. The zero-order valence-corrected chi connectivity index (χ0v) is 13.0. The van der Waals surface area contributed by atoms with E-state index >= 15 is 0 Å². The van der Waals surface area contributed by atoms with Gasteiger partial charge in [-0.2, -0.15) is 0 Å². The summed E-state index contributed by atoms with van der Waals surface area (Å²) < 4.78 is 0. The standard InChI is InChI=1S/C18H14N2O5/c21-14-10-20(11-6-2-1-3-7-11)17(23)15(14)16(22)19-13-9-5-4-8-12(13)18(24)25/h1-9,15H,10H2,(H,19,22)(H,24,25)/t15-/m1/s1. The van der Waals surface area contributed by atoms with Crippen LogP contribution in [0.5, 0.6) is 0 Å². The summed E-state index contributed by atoms with van der Waals surface area (Å²) in [5, 5.41) is 11.5. The first-order chi connectivity index (χ1) is 12.0. The fourth-order valence-electron chi connectivity index (χ4n) is 2.69. The minimum atomic E-state index is -1.48. The normalized spacial score (nSPS) is 16.8. The Labute approximate surface area is 142 Å². The molecule has 25 heavy (non-hydrogen) atoms. The molecule has 2 amide bonds. The summed E-state index contributed by atoms with van der Waals surface area (Å²) in [4.78, 5) is 49.5. The average Bonchev–Trinajstić information content (AvgIpc) is 2.90. The largest absolute Gasteiger partial charge is 0.478 e. The SMILES string of the molecule is O=C(O)c1ccccc1NC(=O)[C@H]1C(=O)CN(c2ccccc2)C1=O. The average molecular weight is 338 g/mol. The summed E-state index contributed by atoms with van der Waals surface area (Å²) >= 11 is 0. The number of benzene rings is 2. The van der Waals surface area contributed by atoms with E-state index in [1.54, 1.807) is 36.4 Å². The number of hydrogen-bond acceptors (Lipinski definition) is 4. The molecule has 126 valence electrons. The maximum Gasteiger partial charge on any atom is 0.337 e. The van der Waals surface area contributed by atoms with Crippen LogP contribution in [0.4, 0.5) is 11.4 Å². The van der Waals surface area contributed by atoms with Crippen molar-refractivity contribution in [2.24, 2.45) is 5.92 Å². The van der Waals surface area contributed by atoms with Gasteiger partial charge in [-0.3, -0.25) is 14.4 Å². The van der Waals surface area contributed by atoms with Crippen molar-refractivity contribution in [2.45, 2.75) is 0 Å². The second-order valence-electron chi connectivity index (χ2n) is 5.50. The minimum absolute atomic E-state index is 0.0405. The highest BCUT2D eigenvalue weighted by molar-refractivity contribution is 6.30. The molecule has 0 saturated carbocycles. The molecule has 1 atom stereocenters. The summed E-state index contributed by atoms with van der Waals surface area (Å²) in [5.41, 5.74) is 0.453. The number of amides is 2. The van der Waals surface area contributed by atoms with Crippen molar-refractivity contribution in [2.75, 3.05) is 16.8 Å². The van der Waals surface area contributed by atoms with E-state index in [-0.39, 0.29) is 17.8 Å². The van der Waals surface area contributed by atoms with Crippen LogP contribution in [0.25, 0.3) is 0 Å². The molecule has 1 aliphatic heterocycles. The molecular formula is C18H14N2O5. The molecule has 0 spiro atoms. The Morgan fingerprint density at radius 1 is 1.00 bits per heavy atom. The first-order valence-corrected chi connectivity index (χ1v) is 7.51. The highest BCUT2D eigenvalue weighted by atomic mass is 16.4. The zero-order chi connectivity index (χ0) is 18.0. The van der Waals surface area contributed by atoms with Crippen LogP contribution in [-0.2, 0) is 14.4 Å². The van der Waals surface area contributed by atoms with Gasteiger partial charge in [-0.05, 0) is 24.3 Å². The molecule has 0 radical (unpaired) electrons. The van der Waals surface area contributed by atoms with Crippen LogP contribution in [0.3, 0.4) is 0 Å². The lowest BCUT2D eigenvalue weighted by Gasteiger charge is -2.15. The number of ketones is 1. The van der Waals surface area contributed by atoms with Gasteiger partial charge in [0.05, 0.1) is 17.8 Å². The molecule has 0 unspecified atom stereocenters. The Morgan fingerprint density at radius 2 is 1.64 bits per heavy atom. The lowest BCUT2D eigenvalue weighted by atomic mass is 10.1. The fourth-order valence-corrected chi connectivity index (χ4v) is 2.69. The van der Waals surface area contributed by atoms with Crippen LogP contribution in [0, 0.1) is 5.92 Å². The molecular weight excluding hydrogens is 324 g/mol. The molecule has 0 aliphatic carbocycles. The second kappa shape index (κ2) is 6.56. The third-order valence-corrected chi connectivity index (χ3v) is 3.89. The van der Waals surface area contributed by atoms with E-state index in [1.807, 2.05) is 0 Å². The zero-order valence-electron chi connectivity index (χ0n) is 13.0. The number of carboxylic acid groups (broad SMARTS) is 1. The maximum absolute atomic E-state index is 12.5. The van der Waals surface area contributed by atoms with Gasteiger partial charge in [0.25, 0.3) is 0 Å². The predicted molar refractivity (Wildman–Crippen MR) is 89.3 cm³/mol.